The molecular formula is C34H26Cl2Zr. The molecule has 180 valence electrons. The second-order valence-electron chi connectivity index (χ2n) is 8.63. The van der Waals surface area contributed by atoms with E-state index in [0.29, 0.717) is 0 Å². The van der Waals surface area contributed by atoms with Gasteiger partial charge in [-0.1, -0.05) is 110 Å². The van der Waals surface area contributed by atoms with Crippen LogP contribution in [0.2, 0.25) is 0 Å². The SMILES string of the molecule is Cc1[c-]c2ccccc(-c3ccccc3)c-2c1.Cc1[c-]c2ccccc(-c3ccccc3)c-2c1.[Cl][Zr+2][Cl]. The van der Waals surface area contributed by atoms with Gasteiger partial charge in [-0.25, -0.2) is 0 Å². The Bertz CT molecular complexity index is 1360. The van der Waals surface area contributed by atoms with Crippen molar-refractivity contribution in [3.8, 4) is 44.5 Å². The molecule has 0 unspecified atom stereocenters. The molecule has 0 aliphatic heterocycles. The Balaban J connectivity index is 0.000000157. The van der Waals surface area contributed by atoms with Gasteiger partial charge in [-0.05, 0) is 11.1 Å². The van der Waals surface area contributed by atoms with Crippen molar-refractivity contribution in [2.75, 3.05) is 0 Å². The third kappa shape index (κ3) is 7.20. The molecule has 0 radical (unpaired) electrons. The normalized spacial score (nSPS) is 10.1. The Kier molecular flexibility index (Phi) is 10.1. The van der Waals surface area contributed by atoms with E-state index in [9.17, 15) is 0 Å². The predicted octanol–water partition coefficient (Wildman–Crippen LogP) is 10.5. The molecule has 3 heteroatoms. The zero-order valence-electron chi connectivity index (χ0n) is 20.8. The van der Waals surface area contributed by atoms with Crippen LogP contribution in [0.1, 0.15) is 11.1 Å². The van der Waals surface area contributed by atoms with Crippen LogP contribution in [0.15, 0.2) is 121 Å². The molecule has 37 heavy (non-hydrogen) atoms. The molecule has 0 nitrogen and oxygen atoms in total. The standard InChI is InChI=1S/2C17H13.2ClH.Zr/c2*1-13-11-15-9-5-6-10-16(17(15)12-13)14-7-3-2-4-8-14;;;/h2*2-10,12H,1H3;2*1H;/q2*-1;;;+4/p-2. The van der Waals surface area contributed by atoms with Crippen LogP contribution in [0, 0.1) is 26.0 Å². The topological polar surface area (TPSA) is 0 Å². The number of halogens is 2. The van der Waals surface area contributed by atoms with Gasteiger partial charge in [0.25, 0.3) is 0 Å². The van der Waals surface area contributed by atoms with E-state index in [-0.39, 0.29) is 0 Å². The Labute approximate surface area is 239 Å². The molecule has 0 aromatic heterocycles. The quantitative estimate of drug-likeness (QED) is 0.175. The molecule has 0 saturated carbocycles. The molecule has 0 bridgehead atoms. The summed E-state index contributed by atoms with van der Waals surface area (Å²) in [4.78, 5) is 0. The number of fused-ring (bicyclic) bond motifs is 2. The van der Waals surface area contributed by atoms with Crippen molar-refractivity contribution in [1.29, 1.82) is 0 Å². The maximum absolute atomic E-state index is 4.93. The summed E-state index contributed by atoms with van der Waals surface area (Å²) in [5.41, 5.74) is 12.4. The van der Waals surface area contributed by atoms with Crippen molar-refractivity contribution < 1.29 is 20.8 Å². The van der Waals surface area contributed by atoms with E-state index in [1.54, 1.807) is 0 Å². The summed E-state index contributed by atoms with van der Waals surface area (Å²) in [6.07, 6.45) is 0. The Hall–Kier alpha value is -2.70. The average Bonchev–Trinajstić information content (AvgIpc) is 3.32. The molecule has 0 amide bonds. The van der Waals surface area contributed by atoms with Gasteiger partial charge in [0.1, 0.15) is 0 Å². The molecule has 4 aliphatic carbocycles. The zero-order valence-corrected chi connectivity index (χ0v) is 24.8. The van der Waals surface area contributed by atoms with E-state index < -0.39 is 20.8 Å². The van der Waals surface area contributed by atoms with Crippen molar-refractivity contribution in [3.05, 3.63) is 145 Å². The van der Waals surface area contributed by atoms with Gasteiger partial charge in [-0.15, -0.1) is 58.7 Å². The first-order chi connectivity index (χ1) is 18.1. The fraction of sp³-hybridized carbons (Fsp3) is 0.0588. The Morgan fingerprint density at radius 2 is 0.784 bits per heavy atom. The molecule has 2 aromatic carbocycles. The third-order valence-electron chi connectivity index (χ3n) is 5.99. The van der Waals surface area contributed by atoms with Crippen LogP contribution in [0.25, 0.3) is 44.5 Å². The summed E-state index contributed by atoms with van der Waals surface area (Å²) in [7, 11) is 9.87. The minimum atomic E-state index is -0.826. The molecule has 0 atom stereocenters. The molecular weight excluding hydrogens is 571 g/mol. The fourth-order valence-corrected chi connectivity index (χ4v) is 4.45. The summed E-state index contributed by atoms with van der Waals surface area (Å²) < 4.78 is 0. The molecule has 0 heterocycles. The number of hydrogen-bond donors (Lipinski definition) is 0. The molecule has 0 N–H and O–H groups in total. The van der Waals surface area contributed by atoms with E-state index in [1.165, 1.54) is 55.6 Å². The molecule has 2 aromatic rings. The summed E-state index contributed by atoms with van der Waals surface area (Å²) >= 11 is -0.826. The second-order valence-corrected chi connectivity index (χ2v) is 12.4. The fourth-order valence-electron chi connectivity index (χ4n) is 4.45. The first kappa shape index (κ1) is 27.3. The molecule has 4 aliphatic rings. The number of hydrogen-bond acceptors (Lipinski definition) is 0. The van der Waals surface area contributed by atoms with Crippen LogP contribution in [0.4, 0.5) is 0 Å². The van der Waals surface area contributed by atoms with Crippen LogP contribution >= 0.6 is 17.0 Å². The van der Waals surface area contributed by atoms with Crippen LogP contribution in [0.3, 0.4) is 0 Å². The van der Waals surface area contributed by atoms with E-state index in [2.05, 4.69) is 135 Å². The van der Waals surface area contributed by atoms with E-state index >= 15 is 0 Å². The summed E-state index contributed by atoms with van der Waals surface area (Å²) in [6.45, 7) is 4.18. The first-order valence-electron chi connectivity index (χ1n) is 12.0. The van der Waals surface area contributed by atoms with Crippen molar-refractivity contribution >= 4 is 17.0 Å². The molecule has 0 saturated heterocycles. The first-order valence-corrected chi connectivity index (χ1v) is 18.3. The summed E-state index contributed by atoms with van der Waals surface area (Å²) in [5, 5.41) is 0. The van der Waals surface area contributed by atoms with Crippen LogP contribution in [0.5, 0.6) is 0 Å². The van der Waals surface area contributed by atoms with Gasteiger partial charge in [-0.2, -0.15) is 23.3 Å². The summed E-state index contributed by atoms with van der Waals surface area (Å²) in [5.74, 6) is 0. The Morgan fingerprint density at radius 1 is 0.459 bits per heavy atom. The molecule has 6 rings (SSSR count). The minimum absolute atomic E-state index is 0.826. The van der Waals surface area contributed by atoms with Crippen molar-refractivity contribution in [2.24, 2.45) is 0 Å². The second kappa shape index (κ2) is 13.7. The van der Waals surface area contributed by atoms with Gasteiger partial charge in [0.2, 0.25) is 0 Å². The van der Waals surface area contributed by atoms with Gasteiger partial charge in [0.05, 0.1) is 0 Å². The van der Waals surface area contributed by atoms with Crippen molar-refractivity contribution in [1.82, 2.24) is 0 Å². The van der Waals surface area contributed by atoms with E-state index in [1.807, 2.05) is 12.1 Å². The van der Waals surface area contributed by atoms with Crippen LogP contribution in [-0.4, -0.2) is 0 Å². The number of benzene rings is 2. The molecule has 0 fully saturated rings. The zero-order chi connectivity index (χ0) is 26.0. The van der Waals surface area contributed by atoms with Crippen LogP contribution in [-0.2, 0) is 20.8 Å². The van der Waals surface area contributed by atoms with Gasteiger partial charge in [-0.3, -0.25) is 0 Å². The van der Waals surface area contributed by atoms with Crippen molar-refractivity contribution in [3.63, 3.8) is 0 Å². The Morgan fingerprint density at radius 3 is 1.16 bits per heavy atom. The van der Waals surface area contributed by atoms with Gasteiger partial charge < -0.3 is 0 Å². The number of rotatable bonds is 2. The van der Waals surface area contributed by atoms with Gasteiger partial charge in [0, 0.05) is 0 Å². The van der Waals surface area contributed by atoms with Crippen LogP contribution < -0.4 is 0 Å². The van der Waals surface area contributed by atoms with E-state index in [4.69, 9.17) is 17.0 Å². The predicted molar refractivity (Wildman–Crippen MR) is 156 cm³/mol. The molecule has 0 spiro atoms. The maximum atomic E-state index is 4.93. The van der Waals surface area contributed by atoms with Gasteiger partial charge >= 0.3 is 37.9 Å². The number of aryl methyl sites for hydroxylation is 2. The monoisotopic (exact) mass is 594 g/mol. The third-order valence-corrected chi connectivity index (χ3v) is 5.99. The summed E-state index contributed by atoms with van der Waals surface area (Å²) in [6, 6.07) is 49.1. The van der Waals surface area contributed by atoms with Crippen molar-refractivity contribution in [2.45, 2.75) is 13.8 Å². The van der Waals surface area contributed by atoms with Gasteiger partial charge in [0.15, 0.2) is 0 Å². The van der Waals surface area contributed by atoms with E-state index in [0.717, 1.165) is 0 Å². The average molecular weight is 597 g/mol.